The number of unbranched alkanes of at least 4 members (excludes halogenated alkanes) is 6. The van der Waals surface area contributed by atoms with Crippen molar-refractivity contribution in [3.63, 3.8) is 0 Å². The molecule has 2 heteroatoms. The van der Waals surface area contributed by atoms with Crippen LogP contribution in [-0.2, 0) is 9.53 Å². The Morgan fingerprint density at radius 2 is 1.57 bits per heavy atom. The van der Waals surface area contributed by atoms with Crippen molar-refractivity contribution in [2.24, 2.45) is 0 Å². The van der Waals surface area contributed by atoms with Gasteiger partial charge in [0.15, 0.2) is 5.78 Å². The fourth-order valence-corrected chi connectivity index (χ4v) is 1.51. The molecule has 0 N–H and O–H groups in total. The lowest BCUT2D eigenvalue weighted by atomic mass is 10.1. The molecule has 0 aliphatic heterocycles. The van der Waals surface area contributed by atoms with Gasteiger partial charge in [0, 0.05) is 13.5 Å². The van der Waals surface area contributed by atoms with Crippen LogP contribution in [0.4, 0.5) is 0 Å². The number of carbonyl (C=O) groups is 1. The largest absolute Gasteiger partial charge is 0.377 e. The Balaban J connectivity index is 3.01. The molecule has 0 radical (unpaired) electrons. The molecule has 84 valence electrons. The van der Waals surface area contributed by atoms with E-state index in [1.165, 1.54) is 38.5 Å². The smallest absolute Gasteiger partial charge is 0.158 e. The Morgan fingerprint density at radius 3 is 2.14 bits per heavy atom. The van der Waals surface area contributed by atoms with Crippen LogP contribution in [0.15, 0.2) is 0 Å². The van der Waals surface area contributed by atoms with Crippen LogP contribution in [0.25, 0.3) is 0 Å². The van der Waals surface area contributed by atoms with Gasteiger partial charge < -0.3 is 4.74 Å². The second-order valence-corrected chi connectivity index (χ2v) is 3.84. The van der Waals surface area contributed by atoms with Crippen LogP contribution in [0.1, 0.15) is 58.3 Å². The Labute approximate surface area is 88.0 Å². The molecule has 0 amide bonds. The highest BCUT2D eigenvalue weighted by atomic mass is 16.5. The van der Waals surface area contributed by atoms with Gasteiger partial charge in [0.1, 0.15) is 6.61 Å². The normalized spacial score (nSPS) is 10.4. The van der Waals surface area contributed by atoms with E-state index in [9.17, 15) is 4.79 Å². The van der Waals surface area contributed by atoms with Crippen LogP contribution in [0.5, 0.6) is 0 Å². The van der Waals surface area contributed by atoms with E-state index < -0.39 is 0 Å². The Kier molecular flexibility index (Phi) is 10.4. The maximum atomic E-state index is 11.1. The molecule has 0 saturated heterocycles. The van der Waals surface area contributed by atoms with Gasteiger partial charge in [-0.1, -0.05) is 45.4 Å². The number of rotatable bonds is 10. The Morgan fingerprint density at radius 1 is 1.00 bits per heavy atom. The maximum absolute atomic E-state index is 11.1. The first kappa shape index (κ1) is 13.6. The van der Waals surface area contributed by atoms with Gasteiger partial charge in [0.2, 0.25) is 0 Å². The zero-order valence-electron chi connectivity index (χ0n) is 9.68. The summed E-state index contributed by atoms with van der Waals surface area (Å²) >= 11 is 0. The van der Waals surface area contributed by atoms with Crippen molar-refractivity contribution in [1.82, 2.24) is 0 Å². The quantitative estimate of drug-likeness (QED) is 0.505. The van der Waals surface area contributed by atoms with E-state index in [0.29, 0.717) is 6.42 Å². The van der Waals surface area contributed by atoms with Crippen LogP contribution in [0.3, 0.4) is 0 Å². The van der Waals surface area contributed by atoms with E-state index in [2.05, 4.69) is 6.92 Å². The third-order valence-electron chi connectivity index (χ3n) is 2.36. The third kappa shape index (κ3) is 9.72. The van der Waals surface area contributed by atoms with Gasteiger partial charge >= 0.3 is 0 Å². The van der Waals surface area contributed by atoms with Crippen molar-refractivity contribution in [2.45, 2.75) is 58.3 Å². The summed E-state index contributed by atoms with van der Waals surface area (Å²) in [5.41, 5.74) is 0. The van der Waals surface area contributed by atoms with E-state index >= 15 is 0 Å². The SMILES string of the molecule is CCCCCCCCCC(=O)COC. The van der Waals surface area contributed by atoms with E-state index in [-0.39, 0.29) is 12.4 Å². The third-order valence-corrected chi connectivity index (χ3v) is 2.36. The number of ether oxygens (including phenoxy) is 1. The number of methoxy groups -OCH3 is 1. The van der Waals surface area contributed by atoms with Gasteiger partial charge in [0.05, 0.1) is 0 Å². The maximum Gasteiger partial charge on any atom is 0.158 e. The van der Waals surface area contributed by atoms with Crippen molar-refractivity contribution >= 4 is 5.78 Å². The van der Waals surface area contributed by atoms with E-state index in [0.717, 1.165) is 6.42 Å². The van der Waals surface area contributed by atoms with Crippen molar-refractivity contribution in [3.05, 3.63) is 0 Å². The molecule has 0 atom stereocenters. The molecule has 0 unspecified atom stereocenters. The average Bonchev–Trinajstić information content (AvgIpc) is 2.17. The minimum Gasteiger partial charge on any atom is -0.377 e. The van der Waals surface area contributed by atoms with Crippen LogP contribution >= 0.6 is 0 Å². The van der Waals surface area contributed by atoms with Crippen molar-refractivity contribution in [2.75, 3.05) is 13.7 Å². The van der Waals surface area contributed by atoms with Crippen LogP contribution in [0, 0.1) is 0 Å². The summed E-state index contributed by atoms with van der Waals surface area (Å²) in [6.07, 6.45) is 9.53. The number of ketones is 1. The minimum absolute atomic E-state index is 0.237. The lowest BCUT2D eigenvalue weighted by Gasteiger charge is -2.00. The minimum atomic E-state index is 0.237. The molecular weight excluding hydrogens is 176 g/mol. The lowest BCUT2D eigenvalue weighted by Crippen LogP contribution is -2.05. The summed E-state index contributed by atoms with van der Waals surface area (Å²) in [6, 6.07) is 0. The van der Waals surface area contributed by atoms with E-state index in [1.54, 1.807) is 7.11 Å². The predicted molar refractivity (Wildman–Crippen MR) is 59.5 cm³/mol. The topological polar surface area (TPSA) is 26.3 Å². The fourth-order valence-electron chi connectivity index (χ4n) is 1.51. The highest BCUT2D eigenvalue weighted by Crippen LogP contribution is 2.08. The van der Waals surface area contributed by atoms with Gasteiger partial charge in [-0.2, -0.15) is 0 Å². The molecule has 0 heterocycles. The van der Waals surface area contributed by atoms with Gasteiger partial charge in [0.25, 0.3) is 0 Å². The van der Waals surface area contributed by atoms with Gasteiger partial charge in [-0.15, -0.1) is 0 Å². The second kappa shape index (κ2) is 10.7. The summed E-state index contributed by atoms with van der Waals surface area (Å²) in [5.74, 6) is 0.237. The van der Waals surface area contributed by atoms with Crippen molar-refractivity contribution < 1.29 is 9.53 Å². The van der Waals surface area contributed by atoms with Gasteiger partial charge in [-0.25, -0.2) is 0 Å². The van der Waals surface area contributed by atoms with Crippen LogP contribution in [0.2, 0.25) is 0 Å². The van der Waals surface area contributed by atoms with Crippen molar-refractivity contribution in [1.29, 1.82) is 0 Å². The molecule has 0 aromatic carbocycles. The van der Waals surface area contributed by atoms with Gasteiger partial charge in [-0.05, 0) is 6.42 Å². The Hall–Kier alpha value is -0.370. The summed E-state index contributed by atoms with van der Waals surface area (Å²) in [7, 11) is 1.57. The number of hydrogen-bond donors (Lipinski definition) is 0. The number of Topliss-reactive ketones (excluding diaryl/α,β-unsaturated/α-hetero) is 1. The summed E-state index contributed by atoms with van der Waals surface area (Å²) < 4.78 is 4.76. The molecule has 0 aromatic rings. The standard InChI is InChI=1S/C12H24O2/c1-3-4-5-6-7-8-9-10-12(13)11-14-2/h3-11H2,1-2H3. The molecular formula is C12H24O2. The fraction of sp³-hybridized carbons (Fsp3) is 0.917. The van der Waals surface area contributed by atoms with E-state index in [4.69, 9.17) is 4.74 Å². The highest BCUT2D eigenvalue weighted by molar-refractivity contribution is 5.79. The van der Waals surface area contributed by atoms with Crippen LogP contribution < -0.4 is 0 Å². The zero-order chi connectivity index (χ0) is 10.6. The summed E-state index contributed by atoms with van der Waals surface area (Å²) in [5, 5.41) is 0. The monoisotopic (exact) mass is 200 g/mol. The summed E-state index contributed by atoms with van der Waals surface area (Å²) in [6.45, 7) is 2.51. The first-order chi connectivity index (χ1) is 6.81. The first-order valence-corrected chi connectivity index (χ1v) is 5.82. The first-order valence-electron chi connectivity index (χ1n) is 5.82. The predicted octanol–water partition coefficient (Wildman–Crippen LogP) is 3.34. The van der Waals surface area contributed by atoms with Crippen molar-refractivity contribution in [3.8, 4) is 0 Å². The molecule has 0 aliphatic rings. The Bertz CT molecular complexity index is 132. The molecule has 0 aliphatic carbocycles. The molecule has 0 rings (SSSR count). The van der Waals surface area contributed by atoms with Crippen LogP contribution in [-0.4, -0.2) is 19.5 Å². The lowest BCUT2D eigenvalue weighted by molar-refractivity contribution is -0.122. The molecule has 0 spiro atoms. The number of carbonyl (C=O) groups excluding carboxylic acids is 1. The van der Waals surface area contributed by atoms with Gasteiger partial charge in [-0.3, -0.25) is 4.79 Å². The molecule has 0 saturated carbocycles. The summed E-state index contributed by atoms with van der Waals surface area (Å²) in [4.78, 5) is 11.1. The molecule has 2 nitrogen and oxygen atoms in total. The second-order valence-electron chi connectivity index (χ2n) is 3.84. The highest BCUT2D eigenvalue weighted by Gasteiger charge is 1.99. The van der Waals surface area contributed by atoms with E-state index in [1.807, 2.05) is 0 Å². The molecule has 0 aromatic heterocycles. The molecule has 0 fully saturated rings. The number of hydrogen-bond acceptors (Lipinski definition) is 2. The average molecular weight is 200 g/mol. The molecule has 0 bridgehead atoms. The zero-order valence-corrected chi connectivity index (χ0v) is 9.68. The molecule has 14 heavy (non-hydrogen) atoms.